The van der Waals surface area contributed by atoms with E-state index in [9.17, 15) is 5.26 Å². The Labute approximate surface area is 117 Å². The fourth-order valence-electron chi connectivity index (χ4n) is 2.22. The first-order valence-corrected chi connectivity index (χ1v) is 6.39. The van der Waals surface area contributed by atoms with Crippen LogP contribution in [0.25, 0.3) is 22.4 Å². The summed E-state index contributed by atoms with van der Waals surface area (Å²) in [6.07, 6.45) is 3.59. The van der Waals surface area contributed by atoms with Crippen molar-refractivity contribution in [3.63, 3.8) is 0 Å². The third-order valence-electron chi connectivity index (χ3n) is 3.18. The second kappa shape index (κ2) is 5.38. The van der Waals surface area contributed by atoms with E-state index in [0.717, 1.165) is 10.9 Å². The van der Waals surface area contributed by atoms with Gasteiger partial charge in [-0.05, 0) is 34.5 Å². The fourth-order valence-corrected chi connectivity index (χ4v) is 2.22. The number of nitriles is 1. The first kappa shape index (κ1) is 12.1. The van der Waals surface area contributed by atoms with E-state index in [1.165, 1.54) is 5.39 Å². The quantitative estimate of drug-likeness (QED) is 0.641. The fraction of sp³-hybridized carbons (Fsp3) is 0. The van der Waals surface area contributed by atoms with Crippen LogP contribution in [0, 0.1) is 11.3 Å². The maximum atomic E-state index is 9.35. The highest BCUT2D eigenvalue weighted by Crippen LogP contribution is 2.23. The molecular weight excluding hydrogens is 244 g/mol. The predicted octanol–water partition coefficient (Wildman–Crippen LogP) is 4.30. The van der Waals surface area contributed by atoms with Crippen LogP contribution in [0.4, 0.5) is 0 Å². The Morgan fingerprint density at radius 2 is 1.75 bits per heavy atom. The highest BCUT2D eigenvalue weighted by molar-refractivity contribution is 5.97. The maximum Gasteiger partial charge on any atom is 0.101 e. The van der Waals surface area contributed by atoms with Crippen molar-refractivity contribution in [2.24, 2.45) is 0 Å². The molecule has 1 aromatic heterocycles. The van der Waals surface area contributed by atoms with Crippen molar-refractivity contribution in [2.45, 2.75) is 0 Å². The average Bonchev–Trinajstić information content (AvgIpc) is 2.53. The summed E-state index contributed by atoms with van der Waals surface area (Å²) in [4.78, 5) is 4.24. The Balaban J connectivity index is 2.16. The number of benzene rings is 2. The molecule has 0 unspecified atom stereocenters. The third kappa shape index (κ3) is 2.30. The van der Waals surface area contributed by atoms with Crippen molar-refractivity contribution < 1.29 is 0 Å². The van der Waals surface area contributed by atoms with Crippen LogP contribution in [0.1, 0.15) is 11.3 Å². The van der Waals surface area contributed by atoms with Gasteiger partial charge in [-0.2, -0.15) is 5.26 Å². The van der Waals surface area contributed by atoms with Gasteiger partial charge in [0.1, 0.15) is 6.07 Å². The normalized spacial score (nSPS) is 11.2. The van der Waals surface area contributed by atoms with E-state index in [2.05, 4.69) is 29.3 Å². The van der Waals surface area contributed by atoms with E-state index >= 15 is 0 Å². The van der Waals surface area contributed by atoms with Crippen LogP contribution in [-0.4, -0.2) is 4.98 Å². The van der Waals surface area contributed by atoms with E-state index < -0.39 is 0 Å². The van der Waals surface area contributed by atoms with Crippen molar-refractivity contribution in [1.82, 2.24) is 4.98 Å². The largest absolute Gasteiger partial charge is 0.256 e. The molecule has 0 aliphatic carbocycles. The van der Waals surface area contributed by atoms with E-state index in [4.69, 9.17) is 0 Å². The Kier molecular flexibility index (Phi) is 3.26. The van der Waals surface area contributed by atoms with Crippen LogP contribution in [0.3, 0.4) is 0 Å². The number of rotatable bonds is 2. The van der Waals surface area contributed by atoms with Crippen LogP contribution in [0.5, 0.6) is 0 Å². The summed E-state index contributed by atoms with van der Waals surface area (Å²) in [6, 6.07) is 22.0. The number of hydrogen-bond acceptors (Lipinski definition) is 2. The van der Waals surface area contributed by atoms with Gasteiger partial charge in [-0.25, -0.2) is 0 Å². The van der Waals surface area contributed by atoms with Gasteiger partial charge in [-0.3, -0.25) is 4.98 Å². The third-order valence-corrected chi connectivity index (χ3v) is 3.18. The lowest BCUT2D eigenvalue weighted by Gasteiger charge is -2.03. The van der Waals surface area contributed by atoms with Crippen LogP contribution in [0.2, 0.25) is 0 Å². The molecule has 20 heavy (non-hydrogen) atoms. The highest BCUT2D eigenvalue weighted by atomic mass is 14.7. The number of aromatic nitrogens is 1. The van der Waals surface area contributed by atoms with E-state index in [1.54, 1.807) is 6.20 Å². The smallest absolute Gasteiger partial charge is 0.101 e. The van der Waals surface area contributed by atoms with Crippen LogP contribution in [-0.2, 0) is 0 Å². The molecule has 0 N–H and O–H groups in total. The van der Waals surface area contributed by atoms with Gasteiger partial charge in [-0.1, -0.05) is 48.5 Å². The van der Waals surface area contributed by atoms with Gasteiger partial charge in [0.2, 0.25) is 0 Å². The molecule has 2 nitrogen and oxygen atoms in total. The molecule has 3 rings (SSSR count). The van der Waals surface area contributed by atoms with Crippen LogP contribution >= 0.6 is 0 Å². The molecule has 0 saturated carbocycles. The van der Waals surface area contributed by atoms with Crippen LogP contribution < -0.4 is 0 Å². The topological polar surface area (TPSA) is 36.7 Å². The molecule has 3 aromatic rings. The minimum absolute atomic E-state index is 0.571. The summed E-state index contributed by atoms with van der Waals surface area (Å²) < 4.78 is 0. The zero-order valence-electron chi connectivity index (χ0n) is 10.8. The minimum Gasteiger partial charge on any atom is -0.256 e. The van der Waals surface area contributed by atoms with Gasteiger partial charge in [0, 0.05) is 6.20 Å². The lowest BCUT2D eigenvalue weighted by Crippen LogP contribution is -1.86. The molecule has 0 spiro atoms. The number of nitrogens with zero attached hydrogens (tertiary/aromatic N) is 2. The van der Waals surface area contributed by atoms with Gasteiger partial charge in [-0.15, -0.1) is 0 Å². The molecule has 0 radical (unpaired) electrons. The Morgan fingerprint density at radius 3 is 2.55 bits per heavy atom. The van der Waals surface area contributed by atoms with Gasteiger partial charge in [0.05, 0.1) is 11.3 Å². The predicted molar refractivity (Wildman–Crippen MR) is 81.7 cm³/mol. The van der Waals surface area contributed by atoms with Gasteiger partial charge in [0.15, 0.2) is 0 Å². The average molecular weight is 256 g/mol. The zero-order valence-corrected chi connectivity index (χ0v) is 10.8. The minimum atomic E-state index is 0.571. The molecule has 0 bridgehead atoms. The van der Waals surface area contributed by atoms with E-state index in [-0.39, 0.29) is 0 Å². The molecule has 0 aliphatic rings. The molecule has 0 fully saturated rings. The standard InChI is InChI=1S/C18H12N2/c19-13-16(18-10-3-4-11-20-18)12-15-8-5-7-14-6-1-2-9-17(14)15/h1-12H/b16-12-. The second-order valence-corrected chi connectivity index (χ2v) is 4.45. The summed E-state index contributed by atoms with van der Waals surface area (Å²) in [6.45, 7) is 0. The van der Waals surface area contributed by atoms with Crippen molar-refractivity contribution in [1.29, 1.82) is 5.26 Å². The summed E-state index contributed by atoms with van der Waals surface area (Å²) in [5, 5.41) is 11.7. The lowest BCUT2D eigenvalue weighted by atomic mass is 10.0. The molecular formula is C18H12N2. The monoisotopic (exact) mass is 256 g/mol. The molecule has 2 heteroatoms. The van der Waals surface area contributed by atoms with Gasteiger partial charge < -0.3 is 0 Å². The van der Waals surface area contributed by atoms with Crippen molar-refractivity contribution in [3.8, 4) is 6.07 Å². The van der Waals surface area contributed by atoms with Crippen molar-refractivity contribution in [3.05, 3.63) is 78.1 Å². The highest BCUT2D eigenvalue weighted by Gasteiger charge is 2.03. The van der Waals surface area contributed by atoms with E-state index in [0.29, 0.717) is 11.3 Å². The Morgan fingerprint density at radius 1 is 0.950 bits per heavy atom. The Bertz CT molecular complexity index is 806. The van der Waals surface area contributed by atoms with Gasteiger partial charge in [0.25, 0.3) is 0 Å². The first-order chi connectivity index (χ1) is 9.88. The molecule has 0 saturated heterocycles. The summed E-state index contributed by atoms with van der Waals surface area (Å²) in [5.74, 6) is 0. The molecule has 0 aliphatic heterocycles. The molecule has 0 amide bonds. The number of hydrogen-bond donors (Lipinski definition) is 0. The molecule has 1 heterocycles. The number of pyridine rings is 1. The van der Waals surface area contributed by atoms with Gasteiger partial charge >= 0.3 is 0 Å². The SMILES string of the molecule is N#C/C(=C/c1cccc2ccccc12)c1ccccn1. The summed E-state index contributed by atoms with van der Waals surface area (Å²) >= 11 is 0. The molecule has 0 atom stereocenters. The molecule has 2 aromatic carbocycles. The van der Waals surface area contributed by atoms with E-state index in [1.807, 2.05) is 48.5 Å². The van der Waals surface area contributed by atoms with Crippen LogP contribution in [0.15, 0.2) is 66.9 Å². The number of allylic oxidation sites excluding steroid dienone is 1. The Hall–Kier alpha value is -2.92. The summed E-state index contributed by atoms with van der Waals surface area (Å²) in [7, 11) is 0. The summed E-state index contributed by atoms with van der Waals surface area (Å²) in [5.41, 5.74) is 2.30. The molecule has 94 valence electrons. The maximum absolute atomic E-state index is 9.35. The van der Waals surface area contributed by atoms with Crippen molar-refractivity contribution in [2.75, 3.05) is 0 Å². The zero-order chi connectivity index (χ0) is 13.8. The van der Waals surface area contributed by atoms with Crippen molar-refractivity contribution >= 4 is 22.4 Å². The lowest BCUT2D eigenvalue weighted by molar-refractivity contribution is 1.28. The number of fused-ring (bicyclic) bond motifs is 1. The first-order valence-electron chi connectivity index (χ1n) is 6.39. The second-order valence-electron chi connectivity index (χ2n) is 4.45.